The zero-order valence-electron chi connectivity index (χ0n) is 17.8. The number of carboxylic acids is 1. The van der Waals surface area contributed by atoms with Crippen molar-refractivity contribution in [2.45, 2.75) is 18.4 Å². The molecule has 0 saturated carbocycles. The quantitative estimate of drug-likeness (QED) is 0.448. The van der Waals surface area contributed by atoms with Crippen LogP contribution in [0.5, 0.6) is 0 Å². The Hall–Kier alpha value is -3.91. The minimum Gasteiger partial charge on any atom is -0.481 e. The maximum atomic E-state index is 13.5. The maximum absolute atomic E-state index is 13.5. The van der Waals surface area contributed by atoms with Gasteiger partial charge >= 0.3 is 12.1 Å². The molecule has 4 rings (SSSR count). The van der Waals surface area contributed by atoms with Crippen molar-refractivity contribution in [2.24, 2.45) is 0 Å². The zero-order valence-corrected chi connectivity index (χ0v) is 18.5. The van der Waals surface area contributed by atoms with Gasteiger partial charge in [-0.05, 0) is 40.5 Å². The molecule has 34 heavy (non-hydrogen) atoms. The van der Waals surface area contributed by atoms with Gasteiger partial charge in [0.25, 0.3) is 0 Å². The molecule has 0 bridgehead atoms. The van der Waals surface area contributed by atoms with Gasteiger partial charge in [0.2, 0.25) is 5.91 Å². The van der Waals surface area contributed by atoms with Crippen LogP contribution in [0.1, 0.15) is 23.5 Å². The molecule has 1 aliphatic carbocycles. The molecule has 1 atom stereocenters. The van der Waals surface area contributed by atoms with Crippen molar-refractivity contribution >= 4 is 35.3 Å². The molecule has 174 valence electrons. The van der Waals surface area contributed by atoms with Gasteiger partial charge in [0.1, 0.15) is 18.5 Å². The average Bonchev–Trinajstić information content (AvgIpc) is 3.13. The molecular weight excluding hydrogens is 463 g/mol. The predicted octanol–water partition coefficient (Wildman–Crippen LogP) is 4.80. The number of amides is 2. The van der Waals surface area contributed by atoms with Crippen molar-refractivity contribution < 1.29 is 28.6 Å². The number of carbonyl (C=O) groups is 3. The molecule has 7 nitrogen and oxygen atoms in total. The van der Waals surface area contributed by atoms with Gasteiger partial charge in [-0.1, -0.05) is 60.1 Å². The SMILES string of the molecule is O=C(O)CC(NC(=O)OCC1c2ccccc2-c2ccccc21)C(=O)Nc1cc(F)ccc1Cl. The number of carboxylic acid groups (broad SMARTS) is 1. The number of hydrogen-bond donors (Lipinski definition) is 3. The summed E-state index contributed by atoms with van der Waals surface area (Å²) in [6.45, 7) is -0.00298. The third kappa shape index (κ3) is 5.02. The molecule has 0 spiro atoms. The van der Waals surface area contributed by atoms with E-state index in [1.807, 2.05) is 48.5 Å². The number of anilines is 1. The summed E-state index contributed by atoms with van der Waals surface area (Å²) in [6.07, 6.45) is -1.66. The van der Waals surface area contributed by atoms with E-state index in [-0.39, 0.29) is 23.2 Å². The molecule has 2 amide bonds. The van der Waals surface area contributed by atoms with Gasteiger partial charge in [-0.2, -0.15) is 0 Å². The van der Waals surface area contributed by atoms with Crippen LogP contribution in [-0.2, 0) is 14.3 Å². The van der Waals surface area contributed by atoms with Gasteiger partial charge in [0.05, 0.1) is 17.1 Å². The lowest BCUT2D eigenvalue weighted by atomic mass is 9.98. The Kier molecular flexibility index (Phi) is 6.79. The van der Waals surface area contributed by atoms with Gasteiger partial charge in [-0.3, -0.25) is 9.59 Å². The lowest BCUT2D eigenvalue weighted by Crippen LogP contribution is -2.45. The standard InChI is InChI=1S/C25H20ClFN2O5/c26-20-10-9-14(27)11-21(20)28-24(32)22(12-23(30)31)29-25(33)34-13-19-17-7-3-1-5-15(17)16-6-2-4-8-18(16)19/h1-11,19,22H,12-13H2,(H,28,32)(H,29,33)(H,30,31). The molecule has 0 radical (unpaired) electrons. The normalized spacial score (nSPS) is 12.9. The number of halogens is 2. The number of carbonyl (C=O) groups excluding carboxylic acids is 2. The largest absolute Gasteiger partial charge is 0.481 e. The molecule has 0 aliphatic heterocycles. The van der Waals surface area contributed by atoms with Crippen molar-refractivity contribution in [3.05, 3.63) is 88.7 Å². The summed E-state index contributed by atoms with van der Waals surface area (Å²) in [4.78, 5) is 36.4. The topological polar surface area (TPSA) is 105 Å². The molecule has 1 unspecified atom stereocenters. The lowest BCUT2D eigenvalue weighted by Gasteiger charge is -2.19. The van der Waals surface area contributed by atoms with Crippen molar-refractivity contribution in [1.29, 1.82) is 0 Å². The van der Waals surface area contributed by atoms with Crippen LogP contribution in [0.15, 0.2) is 66.7 Å². The highest BCUT2D eigenvalue weighted by Crippen LogP contribution is 2.44. The number of fused-ring (bicyclic) bond motifs is 3. The molecule has 3 N–H and O–H groups in total. The van der Waals surface area contributed by atoms with Gasteiger partial charge < -0.3 is 20.5 Å². The second-order valence-corrected chi connectivity index (χ2v) is 8.14. The van der Waals surface area contributed by atoms with E-state index < -0.39 is 36.2 Å². The third-order valence-corrected chi connectivity index (χ3v) is 5.85. The Bertz CT molecular complexity index is 1220. The number of nitrogens with one attached hydrogen (secondary N) is 2. The Morgan fingerprint density at radius 1 is 1.00 bits per heavy atom. The minimum absolute atomic E-state index is 0.00298. The smallest absolute Gasteiger partial charge is 0.407 e. The van der Waals surface area contributed by atoms with E-state index in [0.29, 0.717) is 0 Å². The van der Waals surface area contributed by atoms with Crippen LogP contribution in [0.4, 0.5) is 14.9 Å². The fourth-order valence-electron chi connectivity index (χ4n) is 3.98. The Morgan fingerprint density at radius 3 is 2.24 bits per heavy atom. The van der Waals surface area contributed by atoms with Gasteiger partial charge in [0, 0.05) is 5.92 Å². The first-order valence-corrected chi connectivity index (χ1v) is 10.8. The highest BCUT2D eigenvalue weighted by Gasteiger charge is 2.30. The second-order valence-electron chi connectivity index (χ2n) is 7.73. The molecule has 3 aromatic rings. The molecule has 0 aromatic heterocycles. The van der Waals surface area contributed by atoms with Crippen molar-refractivity contribution in [1.82, 2.24) is 5.32 Å². The summed E-state index contributed by atoms with van der Waals surface area (Å²) in [5, 5.41) is 13.9. The number of ether oxygens (including phenoxy) is 1. The summed E-state index contributed by atoms with van der Waals surface area (Å²) in [5.41, 5.74) is 4.09. The molecule has 3 aromatic carbocycles. The average molecular weight is 483 g/mol. The predicted molar refractivity (Wildman–Crippen MR) is 124 cm³/mol. The van der Waals surface area contributed by atoms with Crippen molar-refractivity contribution in [3.63, 3.8) is 0 Å². The van der Waals surface area contributed by atoms with Crippen LogP contribution in [0.25, 0.3) is 11.1 Å². The first-order valence-electron chi connectivity index (χ1n) is 10.4. The zero-order chi connectivity index (χ0) is 24.2. The summed E-state index contributed by atoms with van der Waals surface area (Å²) in [6, 6.07) is 17.5. The maximum Gasteiger partial charge on any atom is 0.407 e. The van der Waals surface area contributed by atoms with E-state index in [9.17, 15) is 23.9 Å². The van der Waals surface area contributed by atoms with Crippen LogP contribution >= 0.6 is 11.6 Å². The number of aliphatic carboxylic acids is 1. The monoisotopic (exact) mass is 482 g/mol. The van der Waals surface area contributed by atoms with Crippen LogP contribution in [-0.4, -0.2) is 35.7 Å². The Labute approximate surface area is 199 Å². The van der Waals surface area contributed by atoms with E-state index >= 15 is 0 Å². The second kappa shape index (κ2) is 9.93. The lowest BCUT2D eigenvalue weighted by molar-refractivity contribution is -0.139. The van der Waals surface area contributed by atoms with E-state index in [0.717, 1.165) is 34.4 Å². The molecule has 1 aliphatic rings. The number of alkyl carbamates (subject to hydrolysis) is 1. The molecule has 9 heteroatoms. The van der Waals surface area contributed by atoms with Crippen LogP contribution < -0.4 is 10.6 Å². The van der Waals surface area contributed by atoms with E-state index in [1.165, 1.54) is 6.07 Å². The molecular formula is C25H20ClFN2O5. The van der Waals surface area contributed by atoms with E-state index in [4.69, 9.17) is 16.3 Å². The van der Waals surface area contributed by atoms with Gasteiger partial charge in [-0.15, -0.1) is 0 Å². The first-order chi connectivity index (χ1) is 16.3. The number of benzene rings is 3. The Balaban J connectivity index is 1.44. The molecule has 0 saturated heterocycles. The van der Waals surface area contributed by atoms with E-state index in [2.05, 4.69) is 10.6 Å². The first kappa shape index (κ1) is 23.3. The van der Waals surface area contributed by atoms with Gasteiger partial charge in [-0.25, -0.2) is 9.18 Å². The fourth-order valence-corrected chi connectivity index (χ4v) is 4.14. The van der Waals surface area contributed by atoms with Crippen LogP contribution in [0.3, 0.4) is 0 Å². The number of hydrogen-bond acceptors (Lipinski definition) is 4. The summed E-state index contributed by atoms with van der Waals surface area (Å²) < 4.78 is 18.9. The summed E-state index contributed by atoms with van der Waals surface area (Å²) in [5.74, 6) is -3.03. The molecule has 0 fully saturated rings. The number of rotatable bonds is 7. The Morgan fingerprint density at radius 2 is 1.62 bits per heavy atom. The molecule has 0 heterocycles. The fraction of sp³-hybridized carbons (Fsp3) is 0.160. The minimum atomic E-state index is -1.47. The van der Waals surface area contributed by atoms with Gasteiger partial charge in [0.15, 0.2) is 0 Å². The third-order valence-electron chi connectivity index (χ3n) is 5.52. The summed E-state index contributed by atoms with van der Waals surface area (Å²) >= 11 is 5.95. The highest BCUT2D eigenvalue weighted by atomic mass is 35.5. The summed E-state index contributed by atoms with van der Waals surface area (Å²) in [7, 11) is 0. The van der Waals surface area contributed by atoms with E-state index in [1.54, 1.807) is 0 Å². The van der Waals surface area contributed by atoms with Crippen molar-refractivity contribution in [3.8, 4) is 11.1 Å². The van der Waals surface area contributed by atoms with Crippen molar-refractivity contribution in [2.75, 3.05) is 11.9 Å². The highest BCUT2D eigenvalue weighted by molar-refractivity contribution is 6.33. The van der Waals surface area contributed by atoms with Crippen LogP contribution in [0.2, 0.25) is 5.02 Å². The van der Waals surface area contributed by atoms with Crippen LogP contribution in [0, 0.1) is 5.82 Å².